The number of benzene rings is 3. The Morgan fingerprint density at radius 1 is 1.00 bits per heavy atom. The Labute approximate surface area is 205 Å². The second kappa shape index (κ2) is 10.2. The van der Waals surface area contributed by atoms with E-state index in [4.69, 9.17) is 9.47 Å². The lowest BCUT2D eigenvalue weighted by Crippen LogP contribution is -2.18. The third-order valence-electron chi connectivity index (χ3n) is 6.05. The van der Waals surface area contributed by atoms with E-state index in [1.165, 1.54) is 12.1 Å². The molecule has 0 spiro atoms. The van der Waals surface area contributed by atoms with Crippen LogP contribution in [0.2, 0.25) is 0 Å². The molecular weight excluding hydrogens is 478 g/mol. The fourth-order valence-electron chi connectivity index (χ4n) is 4.04. The number of methoxy groups -OCH3 is 1. The minimum atomic E-state index is -4.68. The zero-order chi connectivity index (χ0) is 26.0. The largest absolute Gasteiger partial charge is 0.508 e. The van der Waals surface area contributed by atoms with Gasteiger partial charge in [-0.2, -0.15) is 13.2 Å². The predicted octanol–water partition coefficient (Wildman–Crippen LogP) is 6.03. The lowest BCUT2D eigenvalue weighted by molar-refractivity contribution is -0.137. The topological polar surface area (TPSA) is 71.0 Å². The van der Waals surface area contributed by atoms with Crippen molar-refractivity contribution in [3.63, 3.8) is 0 Å². The summed E-state index contributed by atoms with van der Waals surface area (Å²) in [5.41, 5.74) is 0.951. The van der Waals surface area contributed by atoms with E-state index in [1.807, 2.05) is 6.92 Å². The summed E-state index contributed by atoms with van der Waals surface area (Å²) >= 11 is 0. The molecule has 3 aromatic carbocycles. The highest BCUT2D eigenvalue weighted by molar-refractivity contribution is 6.00. The molecule has 190 valence electrons. The molecule has 1 aliphatic rings. The quantitative estimate of drug-likeness (QED) is 0.343. The van der Waals surface area contributed by atoms with Crippen molar-refractivity contribution in [2.75, 3.05) is 25.6 Å². The van der Waals surface area contributed by atoms with E-state index in [0.29, 0.717) is 46.4 Å². The van der Waals surface area contributed by atoms with Gasteiger partial charge in [0.05, 0.1) is 11.7 Å². The Hall–Kier alpha value is -3.56. The van der Waals surface area contributed by atoms with Gasteiger partial charge in [0.1, 0.15) is 30.0 Å². The zero-order valence-corrected chi connectivity index (χ0v) is 19.6. The van der Waals surface area contributed by atoms with Crippen molar-refractivity contribution >= 4 is 16.8 Å². The highest BCUT2D eigenvalue weighted by Gasteiger charge is 2.33. The van der Waals surface area contributed by atoms with Crippen molar-refractivity contribution < 1.29 is 37.2 Å². The fraction of sp³-hybridized carbons (Fsp3) is 0.259. The molecule has 0 aliphatic carbocycles. The Balaban J connectivity index is 1.77. The molecule has 4 rings (SSSR count). The third-order valence-corrected chi connectivity index (χ3v) is 6.05. The standard InChI is InChI=1S/C27H25F4NO4/c1-15(35-2)14-36-19-7-3-16(4-8-19)26(34)25-21-10-6-18(33)12-24(21)32-13-22(25)20-9-5-17(11-23(20)28)27(29,30)31/h3-12,15,26,32-34H,13-14H2,1-2H3/t15?,26-/m1/s1. The van der Waals surface area contributed by atoms with Gasteiger partial charge in [0.15, 0.2) is 0 Å². The normalized spacial score (nSPS) is 15.2. The molecule has 2 atom stereocenters. The molecule has 36 heavy (non-hydrogen) atoms. The molecule has 1 unspecified atom stereocenters. The molecular formula is C27H25F4NO4. The fourth-order valence-corrected chi connectivity index (χ4v) is 4.04. The maximum atomic E-state index is 15.0. The van der Waals surface area contributed by atoms with Crippen molar-refractivity contribution in [3.05, 3.63) is 88.7 Å². The number of aliphatic hydroxyl groups is 1. The van der Waals surface area contributed by atoms with E-state index in [0.717, 1.165) is 12.1 Å². The van der Waals surface area contributed by atoms with E-state index in [1.54, 1.807) is 37.4 Å². The summed E-state index contributed by atoms with van der Waals surface area (Å²) in [7, 11) is 1.58. The first-order chi connectivity index (χ1) is 17.1. The van der Waals surface area contributed by atoms with Crippen molar-refractivity contribution in [1.29, 1.82) is 0 Å². The molecule has 5 nitrogen and oxygen atoms in total. The number of halogens is 4. The predicted molar refractivity (Wildman–Crippen MR) is 128 cm³/mol. The molecule has 3 N–H and O–H groups in total. The smallest absolute Gasteiger partial charge is 0.416 e. The van der Waals surface area contributed by atoms with Crippen molar-refractivity contribution in [2.45, 2.75) is 25.3 Å². The van der Waals surface area contributed by atoms with Gasteiger partial charge in [-0.15, -0.1) is 0 Å². The first-order valence-corrected chi connectivity index (χ1v) is 11.2. The maximum Gasteiger partial charge on any atom is 0.416 e. The number of phenols is 1. The summed E-state index contributed by atoms with van der Waals surface area (Å²) in [6.07, 6.45) is -6.03. The van der Waals surface area contributed by atoms with Crippen molar-refractivity contribution in [1.82, 2.24) is 0 Å². The van der Waals surface area contributed by atoms with Crippen LogP contribution >= 0.6 is 0 Å². The molecule has 0 amide bonds. The summed E-state index contributed by atoms with van der Waals surface area (Å²) in [5.74, 6) is -0.496. The lowest BCUT2D eigenvalue weighted by Gasteiger charge is -2.29. The number of nitrogens with one attached hydrogen (secondary N) is 1. The summed E-state index contributed by atoms with van der Waals surface area (Å²) in [5, 5.41) is 24.4. The number of rotatable bonds is 7. The van der Waals surface area contributed by atoms with E-state index >= 15 is 0 Å². The highest BCUT2D eigenvalue weighted by Crippen LogP contribution is 2.44. The Kier molecular flexibility index (Phi) is 7.23. The molecule has 0 saturated heterocycles. The van der Waals surface area contributed by atoms with Crippen LogP contribution < -0.4 is 10.1 Å². The van der Waals surface area contributed by atoms with Crippen molar-refractivity contribution in [2.24, 2.45) is 0 Å². The lowest BCUT2D eigenvalue weighted by atomic mass is 9.84. The van der Waals surface area contributed by atoms with E-state index < -0.39 is 23.7 Å². The molecule has 0 radical (unpaired) electrons. The highest BCUT2D eigenvalue weighted by atomic mass is 19.4. The zero-order valence-electron chi connectivity index (χ0n) is 19.6. The van der Waals surface area contributed by atoms with Gasteiger partial charge in [0, 0.05) is 36.5 Å². The van der Waals surface area contributed by atoms with Crippen LogP contribution in [0, 0.1) is 5.82 Å². The van der Waals surface area contributed by atoms with Crippen LogP contribution in [0.25, 0.3) is 11.1 Å². The van der Waals surface area contributed by atoms with Gasteiger partial charge in [0.25, 0.3) is 0 Å². The number of aliphatic hydroxyl groups excluding tert-OH is 1. The molecule has 9 heteroatoms. The molecule has 0 aromatic heterocycles. The number of fused-ring (bicyclic) bond motifs is 1. The number of aromatic hydroxyl groups is 1. The van der Waals surface area contributed by atoms with Crippen LogP contribution in [0.5, 0.6) is 11.5 Å². The summed E-state index contributed by atoms with van der Waals surface area (Å²) in [6, 6.07) is 13.5. The van der Waals surface area contributed by atoms with Gasteiger partial charge in [-0.05, 0) is 60.0 Å². The van der Waals surface area contributed by atoms with Gasteiger partial charge in [-0.25, -0.2) is 4.39 Å². The van der Waals surface area contributed by atoms with Crippen LogP contribution in [0.1, 0.15) is 35.3 Å². The summed E-state index contributed by atoms with van der Waals surface area (Å²) in [6.45, 7) is 2.23. The second-order valence-corrected chi connectivity index (χ2v) is 8.50. The van der Waals surface area contributed by atoms with Crippen LogP contribution in [0.15, 0.2) is 60.7 Å². The molecule has 0 fully saturated rings. The monoisotopic (exact) mass is 503 g/mol. The maximum absolute atomic E-state index is 15.0. The van der Waals surface area contributed by atoms with Gasteiger partial charge in [-0.3, -0.25) is 0 Å². The van der Waals surface area contributed by atoms with Gasteiger partial charge in [-0.1, -0.05) is 18.2 Å². The SMILES string of the molecule is COC(C)COc1ccc([C@@H](O)C2=C(c3ccc(C(F)(F)F)cc3F)CNc3cc(O)ccc32)cc1. The molecule has 3 aromatic rings. The van der Waals surface area contributed by atoms with Gasteiger partial charge < -0.3 is 25.0 Å². The molecule has 1 heterocycles. The van der Waals surface area contributed by atoms with E-state index in [-0.39, 0.29) is 24.0 Å². The number of phenolic OH excluding ortho intramolecular Hbond substituents is 1. The molecule has 1 aliphatic heterocycles. The summed E-state index contributed by atoms with van der Waals surface area (Å²) in [4.78, 5) is 0. The third kappa shape index (κ3) is 5.32. The number of ether oxygens (including phenoxy) is 2. The minimum absolute atomic E-state index is 0.00830. The summed E-state index contributed by atoms with van der Waals surface area (Å²) < 4.78 is 65.0. The Morgan fingerprint density at radius 3 is 2.33 bits per heavy atom. The first-order valence-electron chi connectivity index (χ1n) is 11.2. The van der Waals surface area contributed by atoms with Crippen LogP contribution in [0.3, 0.4) is 0 Å². The number of alkyl halides is 3. The number of hydrogen-bond acceptors (Lipinski definition) is 5. The first kappa shape index (κ1) is 25.5. The average molecular weight is 503 g/mol. The average Bonchev–Trinajstić information content (AvgIpc) is 2.86. The minimum Gasteiger partial charge on any atom is -0.508 e. The van der Waals surface area contributed by atoms with Crippen molar-refractivity contribution in [3.8, 4) is 11.5 Å². The second-order valence-electron chi connectivity index (χ2n) is 8.50. The van der Waals surface area contributed by atoms with Crippen LogP contribution in [0.4, 0.5) is 23.2 Å². The van der Waals surface area contributed by atoms with Gasteiger partial charge >= 0.3 is 6.18 Å². The van der Waals surface area contributed by atoms with Crippen LogP contribution in [-0.4, -0.2) is 36.6 Å². The molecule has 0 saturated carbocycles. The van der Waals surface area contributed by atoms with E-state index in [9.17, 15) is 27.8 Å². The Morgan fingerprint density at radius 2 is 1.69 bits per heavy atom. The van der Waals surface area contributed by atoms with Crippen LogP contribution in [-0.2, 0) is 10.9 Å². The van der Waals surface area contributed by atoms with Gasteiger partial charge in [0.2, 0.25) is 0 Å². The number of anilines is 1. The number of hydrogen-bond donors (Lipinski definition) is 3. The molecule has 0 bridgehead atoms. The Bertz CT molecular complexity index is 1270. The van der Waals surface area contributed by atoms with E-state index in [2.05, 4.69) is 5.32 Å².